The van der Waals surface area contributed by atoms with Gasteiger partial charge >= 0.3 is 0 Å². The summed E-state index contributed by atoms with van der Waals surface area (Å²) in [5, 5.41) is 6.51. The van der Waals surface area contributed by atoms with E-state index < -0.39 is 0 Å². The third-order valence-corrected chi connectivity index (χ3v) is 3.17. The zero-order valence-electron chi connectivity index (χ0n) is 11.4. The lowest BCUT2D eigenvalue weighted by molar-refractivity contribution is 0.0782. The zero-order chi connectivity index (χ0) is 14.8. The number of nitrogens with zero attached hydrogens (tertiary/aromatic N) is 4. The van der Waals surface area contributed by atoms with Gasteiger partial charge in [0.1, 0.15) is 11.2 Å². The highest BCUT2D eigenvalue weighted by Crippen LogP contribution is 2.05. The lowest BCUT2D eigenvalue weighted by atomic mass is 10.2. The number of hydrogen-bond donors (Lipinski definition) is 1. The first kappa shape index (κ1) is 13.0. The topological polar surface area (TPSA) is 83.4 Å². The van der Waals surface area contributed by atoms with E-state index in [-0.39, 0.29) is 17.0 Å². The van der Waals surface area contributed by atoms with Crippen LogP contribution in [0, 0.1) is 0 Å². The van der Waals surface area contributed by atoms with E-state index in [2.05, 4.69) is 15.2 Å². The van der Waals surface area contributed by atoms with E-state index >= 15 is 0 Å². The highest BCUT2D eigenvalue weighted by atomic mass is 16.2. The number of aromatic nitrogens is 4. The number of carbonyl (C=O) groups is 1. The van der Waals surface area contributed by atoms with E-state index in [9.17, 15) is 9.59 Å². The molecule has 0 spiro atoms. The Labute approximate surface area is 119 Å². The minimum Gasteiger partial charge on any atom is -0.337 e. The van der Waals surface area contributed by atoms with Gasteiger partial charge in [0, 0.05) is 37.7 Å². The van der Waals surface area contributed by atoms with E-state index in [1.807, 2.05) is 0 Å². The minimum absolute atomic E-state index is 0.0460. The van der Waals surface area contributed by atoms with Crippen molar-refractivity contribution < 1.29 is 4.79 Å². The van der Waals surface area contributed by atoms with E-state index in [4.69, 9.17) is 0 Å². The molecule has 7 heteroatoms. The number of rotatable bonds is 3. The molecule has 0 atom stereocenters. The predicted molar refractivity (Wildman–Crippen MR) is 75.8 cm³/mol. The molecule has 0 radical (unpaired) electrons. The van der Waals surface area contributed by atoms with Gasteiger partial charge in [-0.3, -0.25) is 19.1 Å². The van der Waals surface area contributed by atoms with Crippen molar-refractivity contribution in [3.63, 3.8) is 0 Å². The van der Waals surface area contributed by atoms with Gasteiger partial charge in [-0.05, 0) is 12.1 Å². The number of amides is 1. The zero-order valence-corrected chi connectivity index (χ0v) is 11.4. The van der Waals surface area contributed by atoms with E-state index in [1.54, 1.807) is 43.8 Å². The van der Waals surface area contributed by atoms with Gasteiger partial charge in [0.2, 0.25) is 0 Å². The molecule has 106 valence electrons. The van der Waals surface area contributed by atoms with Gasteiger partial charge in [-0.1, -0.05) is 6.07 Å². The second kappa shape index (κ2) is 5.20. The Balaban J connectivity index is 1.94. The van der Waals surface area contributed by atoms with Gasteiger partial charge in [0.05, 0.1) is 6.20 Å². The molecule has 21 heavy (non-hydrogen) atoms. The third kappa shape index (κ3) is 2.40. The Hall–Kier alpha value is -2.96. The summed E-state index contributed by atoms with van der Waals surface area (Å²) in [5.41, 5.74) is 1.05. The molecule has 3 aromatic rings. The van der Waals surface area contributed by atoms with Crippen molar-refractivity contribution in [3.8, 4) is 0 Å². The summed E-state index contributed by atoms with van der Waals surface area (Å²) in [6, 6.07) is 5.22. The summed E-state index contributed by atoms with van der Waals surface area (Å²) < 4.78 is 1.36. The van der Waals surface area contributed by atoms with Gasteiger partial charge in [-0.25, -0.2) is 4.98 Å². The molecule has 0 fully saturated rings. The maximum atomic E-state index is 12.4. The molecule has 1 N–H and O–H groups in total. The van der Waals surface area contributed by atoms with Crippen molar-refractivity contribution >= 4 is 11.6 Å². The second-order valence-corrected chi connectivity index (χ2v) is 4.67. The molecule has 3 aromatic heterocycles. The molecule has 0 saturated carbocycles. The molecule has 0 aromatic carbocycles. The molecule has 3 rings (SSSR count). The van der Waals surface area contributed by atoms with Crippen LogP contribution in [0.15, 0.2) is 47.8 Å². The van der Waals surface area contributed by atoms with Crippen molar-refractivity contribution in [2.24, 2.45) is 0 Å². The molecule has 0 bridgehead atoms. The standard InChI is InChI=1S/C14H13N5O2/c1-18(9-10-6-16-17-7-10)13(20)11-8-15-12-4-2-3-5-19(12)14(11)21/h2-8H,9H2,1H3,(H,16,17). The summed E-state index contributed by atoms with van der Waals surface area (Å²) in [4.78, 5) is 30.3. The number of fused-ring (bicyclic) bond motifs is 1. The molecular weight excluding hydrogens is 270 g/mol. The Morgan fingerprint density at radius 1 is 1.38 bits per heavy atom. The largest absolute Gasteiger partial charge is 0.337 e. The van der Waals surface area contributed by atoms with Crippen LogP contribution in [0.3, 0.4) is 0 Å². The van der Waals surface area contributed by atoms with Gasteiger partial charge in [0.25, 0.3) is 11.5 Å². The normalized spacial score (nSPS) is 10.7. The van der Waals surface area contributed by atoms with Crippen molar-refractivity contribution in [2.45, 2.75) is 6.54 Å². The van der Waals surface area contributed by atoms with E-state index in [1.165, 1.54) is 15.5 Å². The van der Waals surface area contributed by atoms with Crippen molar-refractivity contribution in [1.82, 2.24) is 24.5 Å². The average Bonchev–Trinajstić information content (AvgIpc) is 3.00. The number of aromatic amines is 1. The fourth-order valence-electron chi connectivity index (χ4n) is 2.09. The van der Waals surface area contributed by atoms with Crippen molar-refractivity contribution in [3.05, 3.63) is 64.5 Å². The predicted octanol–water partition coefficient (Wildman–Crippen LogP) is 0.690. The van der Waals surface area contributed by atoms with Crippen LogP contribution in [-0.2, 0) is 6.54 Å². The smallest absolute Gasteiger partial charge is 0.270 e. The van der Waals surface area contributed by atoms with Crippen LogP contribution in [0.2, 0.25) is 0 Å². The Bertz CT molecular complexity index is 838. The number of carbonyl (C=O) groups excluding carboxylic acids is 1. The lowest BCUT2D eigenvalue weighted by Gasteiger charge is -2.15. The quantitative estimate of drug-likeness (QED) is 0.766. The fourth-order valence-corrected chi connectivity index (χ4v) is 2.09. The maximum Gasteiger partial charge on any atom is 0.270 e. The number of pyridine rings is 1. The highest BCUT2D eigenvalue weighted by molar-refractivity contribution is 5.93. The van der Waals surface area contributed by atoms with Crippen LogP contribution in [-0.4, -0.2) is 37.4 Å². The summed E-state index contributed by atoms with van der Waals surface area (Å²) >= 11 is 0. The van der Waals surface area contributed by atoms with Crippen LogP contribution in [0.5, 0.6) is 0 Å². The first-order chi connectivity index (χ1) is 10.2. The third-order valence-electron chi connectivity index (χ3n) is 3.17. The number of H-pyrrole nitrogens is 1. The molecule has 0 unspecified atom stereocenters. The van der Waals surface area contributed by atoms with E-state index in [0.29, 0.717) is 12.2 Å². The fraction of sp³-hybridized carbons (Fsp3) is 0.143. The summed E-state index contributed by atoms with van der Waals surface area (Å²) in [6.07, 6.45) is 6.26. The van der Waals surface area contributed by atoms with Crippen LogP contribution < -0.4 is 5.56 Å². The van der Waals surface area contributed by atoms with Gasteiger partial charge in [-0.2, -0.15) is 5.10 Å². The first-order valence-corrected chi connectivity index (χ1v) is 6.36. The van der Waals surface area contributed by atoms with Crippen LogP contribution in [0.25, 0.3) is 5.65 Å². The summed E-state index contributed by atoms with van der Waals surface area (Å²) in [7, 11) is 1.63. The molecular formula is C14H13N5O2. The second-order valence-electron chi connectivity index (χ2n) is 4.67. The minimum atomic E-state index is -0.371. The van der Waals surface area contributed by atoms with Gasteiger partial charge < -0.3 is 4.90 Å². The monoisotopic (exact) mass is 283 g/mol. The number of hydrogen-bond acceptors (Lipinski definition) is 4. The van der Waals surface area contributed by atoms with Gasteiger partial charge in [-0.15, -0.1) is 0 Å². The molecule has 0 aliphatic heterocycles. The lowest BCUT2D eigenvalue weighted by Crippen LogP contribution is -2.32. The van der Waals surface area contributed by atoms with Crippen LogP contribution >= 0.6 is 0 Å². The summed E-state index contributed by atoms with van der Waals surface area (Å²) in [6.45, 7) is 0.367. The molecule has 7 nitrogen and oxygen atoms in total. The number of nitrogens with one attached hydrogen (secondary N) is 1. The van der Waals surface area contributed by atoms with Crippen LogP contribution in [0.1, 0.15) is 15.9 Å². The Morgan fingerprint density at radius 2 is 2.24 bits per heavy atom. The Morgan fingerprint density at radius 3 is 3.00 bits per heavy atom. The van der Waals surface area contributed by atoms with E-state index in [0.717, 1.165) is 5.56 Å². The average molecular weight is 283 g/mol. The van der Waals surface area contributed by atoms with Gasteiger partial charge in [0.15, 0.2) is 0 Å². The maximum absolute atomic E-state index is 12.4. The molecule has 0 aliphatic carbocycles. The van der Waals surface area contributed by atoms with Crippen molar-refractivity contribution in [1.29, 1.82) is 0 Å². The molecule has 0 aliphatic rings. The molecule has 0 saturated heterocycles. The molecule has 1 amide bonds. The first-order valence-electron chi connectivity index (χ1n) is 6.36. The SMILES string of the molecule is CN(Cc1cn[nH]c1)C(=O)c1cnc2ccccn2c1=O. The van der Waals surface area contributed by atoms with Crippen LogP contribution in [0.4, 0.5) is 0 Å². The summed E-state index contributed by atoms with van der Waals surface area (Å²) in [5.74, 6) is -0.369. The van der Waals surface area contributed by atoms with Crippen molar-refractivity contribution in [2.75, 3.05) is 7.05 Å². The molecule has 3 heterocycles. The highest BCUT2D eigenvalue weighted by Gasteiger charge is 2.17. The Kier molecular flexibility index (Phi) is 3.23.